The van der Waals surface area contributed by atoms with Crippen molar-refractivity contribution in [3.8, 4) is 0 Å². The zero-order chi connectivity index (χ0) is 13.7. The Bertz CT molecular complexity index is 500. The Morgan fingerprint density at radius 1 is 1.33 bits per heavy atom. The molecule has 1 aromatic rings. The van der Waals surface area contributed by atoms with Crippen LogP contribution in [0.4, 0.5) is 8.78 Å². The Morgan fingerprint density at radius 2 is 2.00 bits per heavy atom. The van der Waals surface area contributed by atoms with Crippen LogP contribution in [-0.4, -0.2) is 17.0 Å². The van der Waals surface area contributed by atoms with Crippen LogP contribution < -0.4 is 5.32 Å². The summed E-state index contributed by atoms with van der Waals surface area (Å²) >= 11 is 0. The quantitative estimate of drug-likeness (QED) is 0.806. The lowest BCUT2D eigenvalue weighted by Gasteiger charge is -2.13. The van der Waals surface area contributed by atoms with Gasteiger partial charge in [-0.25, -0.2) is 13.6 Å². The van der Waals surface area contributed by atoms with E-state index in [1.54, 1.807) is 0 Å². The molecule has 1 amide bonds. The largest absolute Gasteiger partial charge is 0.478 e. The molecule has 0 fully saturated rings. The van der Waals surface area contributed by atoms with Crippen molar-refractivity contribution in [2.45, 2.75) is 13.0 Å². The number of carboxylic acids is 1. The van der Waals surface area contributed by atoms with E-state index in [2.05, 4.69) is 5.32 Å². The molecular weight excluding hydrogens is 244 g/mol. The van der Waals surface area contributed by atoms with Crippen LogP contribution in [-0.2, 0) is 9.59 Å². The normalized spacial score (nSPS) is 12.4. The molecule has 0 saturated heterocycles. The highest BCUT2D eigenvalue weighted by molar-refractivity contribution is 5.94. The second-order valence-corrected chi connectivity index (χ2v) is 3.57. The maximum atomic E-state index is 13.4. The van der Waals surface area contributed by atoms with Gasteiger partial charge in [0.05, 0.1) is 6.04 Å². The van der Waals surface area contributed by atoms with E-state index in [9.17, 15) is 18.4 Å². The molecule has 0 aliphatic carbocycles. The zero-order valence-electron chi connectivity index (χ0n) is 9.48. The molecule has 0 saturated carbocycles. The van der Waals surface area contributed by atoms with Crippen LogP contribution in [0.5, 0.6) is 0 Å². The van der Waals surface area contributed by atoms with Crippen molar-refractivity contribution in [1.82, 2.24) is 5.32 Å². The first kappa shape index (κ1) is 13.8. The Labute approximate surface area is 102 Å². The lowest BCUT2D eigenvalue weighted by molar-refractivity contribution is -0.131. The van der Waals surface area contributed by atoms with Crippen molar-refractivity contribution in [2.75, 3.05) is 0 Å². The minimum atomic E-state index is -1.26. The summed E-state index contributed by atoms with van der Waals surface area (Å²) in [5.41, 5.74) is 0.119. The van der Waals surface area contributed by atoms with Crippen LogP contribution in [0.3, 0.4) is 0 Å². The highest BCUT2D eigenvalue weighted by Gasteiger charge is 2.13. The predicted octanol–water partition coefficient (Wildman–Crippen LogP) is 1.78. The predicted molar refractivity (Wildman–Crippen MR) is 59.7 cm³/mol. The molecule has 18 heavy (non-hydrogen) atoms. The van der Waals surface area contributed by atoms with E-state index in [1.165, 1.54) is 13.0 Å². The molecule has 1 atom stereocenters. The fourth-order valence-corrected chi connectivity index (χ4v) is 1.34. The van der Waals surface area contributed by atoms with Crippen LogP contribution in [0.1, 0.15) is 18.5 Å². The number of halogens is 2. The molecule has 6 heteroatoms. The minimum Gasteiger partial charge on any atom is -0.478 e. The number of carbonyl (C=O) groups excluding carboxylic acids is 1. The number of nitrogens with one attached hydrogen (secondary N) is 1. The number of carbonyl (C=O) groups is 2. The van der Waals surface area contributed by atoms with Crippen molar-refractivity contribution in [3.05, 3.63) is 47.5 Å². The third-order valence-electron chi connectivity index (χ3n) is 2.17. The monoisotopic (exact) mass is 255 g/mol. The number of amides is 1. The lowest BCUT2D eigenvalue weighted by Crippen LogP contribution is -2.25. The molecule has 0 heterocycles. The first-order chi connectivity index (χ1) is 8.40. The maximum absolute atomic E-state index is 13.4. The molecule has 0 aliphatic heterocycles. The van der Waals surface area contributed by atoms with Gasteiger partial charge in [0.25, 0.3) is 0 Å². The number of rotatable bonds is 4. The maximum Gasteiger partial charge on any atom is 0.328 e. The molecule has 0 radical (unpaired) electrons. The number of hydrogen-bond acceptors (Lipinski definition) is 2. The van der Waals surface area contributed by atoms with Gasteiger partial charge in [-0.3, -0.25) is 4.79 Å². The third-order valence-corrected chi connectivity index (χ3v) is 2.17. The van der Waals surface area contributed by atoms with Crippen LogP contribution in [0.2, 0.25) is 0 Å². The Morgan fingerprint density at radius 3 is 2.56 bits per heavy atom. The summed E-state index contributed by atoms with van der Waals surface area (Å²) < 4.78 is 26.0. The summed E-state index contributed by atoms with van der Waals surface area (Å²) in [6, 6.07) is 2.31. The van der Waals surface area contributed by atoms with Crippen molar-refractivity contribution in [3.63, 3.8) is 0 Å². The molecular formula is C12H11F2NO3. The molecule has 2 N–H and O–H groups in total. The van der Waals surface area contributed by atoms with Crippen LogP contribution >= 0.6 is 0 Å². The molecule has 0 spiro atoms. The topological polar surface area (TPSA) is 66.4 Å². The van der Waals surface area contributed by atoms with Gasteiger partial charge in [0.2, 0.25) is 5.91 Å². The summed E-state index contributed by atoms with van der Waals surface area (Å²) in [5.74, 6) is -3.41. The molecule has 4 nitrogen and oxygen atoms in total. The van der Waals surface area contributed by atoms with Gasteiger partial charge in [-0.2, -0.15) is 0 Å². The van der Waals surface area contributed by atoms with E-state index in [-0.39, 0.29) is 5.56 Å². The molecule has 0 bridgehead atoms. The SMILES string of the molecule is CC(NC(=O)/C=C/C(=O)O)c1ccc(F)cc1F. The van der Waals surface area contributed by atoms with Crippen molar-refractivity contribution < 1.29 is 23.5 Å². The lowest BCUT2D eigenvalue weighted by atomic mass is 10.1. The van der Waals surface area contributed by atoms with E-state index >= 15 is 0 Å². The Kier molecular flexibility index (Phi) is 4.53. The van der Waals surface area contributed by atoms with Crippen LogP contribution in [0.15, 0.2) is 30.4 Å². The zero-order valence-corrected chi connectivity index (χ0v) is 9.48. The molecule has 1 unspecified atom stereocenters. The molecule has 0 aliphatic rings. The summed E-state index contributed by atoms with van der Waals surface area (Å²) in [4.78, 5) is 21.4. The standard InChI is InChI=1S/C12H11F2NO3/c1-7(15-11(16)4-5-12(17)18)9-3-2-8(13)6-10(9)14/h2-7H,1H3,(H,15,16)(H,17,18)/b5-4+. The molecule has 1 aromatic carbocycles. The average molecular weight is 255 g/mol. The highest BCUT2D eigenvalue weighted by Crippen LogP contribution is 2.17. The van der Waals surface area contributed by atoms with Crippen LogP contribution in [0.25, 0.3) is 0 Å². The van der Waals surface area contributed by atoms with Gasteiger partial charge < -0.3 is 10.4 Å². The Balaban J connectivity index is 2.73. The number of carboxylic acid groups (broad SMARTS) is 1. The highest BCUT2D eigenvalue weighted by atomic mass is 19.1. The van der Waals surface area contributed by atoms with Gasteiger partial charge in [-0.05, 0) is 13.0 Å². The number of benzene rings is 1. The number of hydrogen-bond donors (Lipinski definition) is 2. The first-order valence-corrected chi connectivity index (χ1v) is 5.06. The van der Waals surface area contributed by atoms with Crippen molar-refractivity contribution >= 4 is 11.9 Å². The fourth-order valence-electron chi connectivity index (χ4n) is 1.34. The molecule has 96 valence electrons. The summed E-state index contributed by atoms with van der Waals surface area (Å²) in [6.45, 7) is 1.50. The van der Waals surface area contributed by atoms with E-state index in [0.29, 0.717) is 12.1 Å². The Hall–Kier alpha value is -2.24. The average Bonchev–Trinajstić information content (AvgIpc) is 2.26. The summed E-state index contributed by atoms with van der Waals surface area (Å²) in [5, 5.41) is 10.7. The van der Waals surface area contributed by atoms with E-state index in [4.69, 9.17) is 5.11 Å². The van der Waals surface area contributed by atoms with Gasteiger partial charge >= 0.3 is 5.97 Å². The van der Waals surface area contributed by atoms with Crippen LogP contribution in [0, 0.1) is 11.6 Å². The molecule has 0 aromatic heterocycles. The molecule has 1 rings (SSSR count). The minimum absolute atomic E-state index is 0.119. The fraction of sp³-hybridized carbons (Fsp3) is 0.167. The van der Waals surface area contributed by atoms with Gasteiger partial charge in [0.15, 0.2) is 0 Å². The van der Waals surface area contributed by atoms with Gasteiger partial charge in [0.1, 0.15) is 11.6 Å². The van der Waals surface area contributed by atoms with Gasteiger partial charge in [-0.1, -0.05) is 6.07 Å². The van der Waals surface area contributed by atoms with E-state index in [1.807, 2.05) is 0 Å². The smallest absolute Gasteiger partial charge is 0.328 e. The second kappa shape index (κ2) is 5.90. The number of aliphatic carboxylic acids is 1. The second-order valence-electron chi connectivity index (χ2n) is 3.57. The van der Waals surface area contributed by atoms with E-state index in [0.717, 1.165) is 12.1 Å². The van der Waals surface area contributed by atoms with Crippen molar-refractivity contribution in [2.24, 2.45) is 0 Å². The third kappa shape index (κ3) is 3.97. The first-order valence-electron chi connectivity index (χ1n) is 5.06. The summed E-state index contributed by atoms with van der Waals surface area (Å²) in [7, 11) is 0. The van der Waals surface area contributed by atoms with E-state index < -0.39 is 29.6 Å². The van der Waals surface area contributed by atoms with Gasteiger partial charge in [0, 0.05) is 23.8 Å². The summed E-state index contributed by atoms with van der Waals surface area (Å²) in [6.07, 6.45) is 1.49. The van der Waals surface area contributed by atoms with Crippen molar-refractivity contribution in [1.29, 1.82) is 0 Å². The van der Waals surface area contributed by atoms with Gasteiger partial charge in [-0.15, -0.1) is 0 Å².